The summed E-state index contributed by atoms with van der Waals surface area (Å²) in [6.07, 6.45) is 2.27. The van der Waals surface area contributed by atoms with E-state index in [2.05, 4.69) is 173 Å². The summed E-state index contributed by atoms with van der Waals surface area (Å²) in [6, 6.07) is 42.7. The number of hydrogen-bond donors (Lipinski definition) is 0. The lowest BCUT2D eigenvalue weighted by Crippen LogP contribution is -2.24. The molecule has 0 aromatic heterocycles. The highest BCUT2D eigenvalue weighted by Crippen LogP contribution is 2.48. The van der Waals surface area contributed by atoms with Crippen molar-refractivity contribution in [1.29, 1.82) is 0 Å². The normalized spacial score (nSPS) is 13.6. The van der Waals surface area contributed by atoms with Crippen molar-refractivity contribution in [1.82, 2.24) is 0 Å². The van der Waals surface area contributed by atoms with Gasteiger partial charge in [-0.1, -0.05) is 178 Å². The molecule has 0 aliphatic heterocycles. The molecule has 0 bridgehead atoms. The van der Waals surface area contributed by atoms with Crippen LogP contribution >= 0.6 is 47.0 Å². The molecule has 0 saturated heterocycles. The van der Waals surface area contributed by atoms with Gasteiger partial charge in [-0.2, -0.15) is 0 Å². The van der Waals surface area contributed by atoms with E-state index in [1.54, 1.807) is 47.0 Å². The fourth-order valence-corrected chi connectivity index (χ4v) is 11.5. The summed E-state index contributed by atoms with van der Waals surface area (Å²) in [4.78, 5) is 38.5. The minimum atomic E-state index is -0.107. The van der Waals surface area contributed by atoms with Crippen molar-refractivity contribution in [3.63, 3.8) is 0 Å². The lowest BCUT2D eigenvalue weighted by Gasteiger charge is -2.26. The van der Waals surface area contributed by atoms with Gasteiger partial charge in [-0.15, -0.1) is 0 Å². The molecule has 314 valence electrons. The molecule has 0 heterocycles. The molecule has 6 heteroatoms. The third-order valence-corrected chi connectivity index (χ3v) is 15.7. The number of rotatable bonds is 11. The lowest BCUT2D eigenvalue weighted by atomic mass is 9.84. The number of benzene rings is 6. The molecule has 0 fully saturated rings. The summed E-state index contributed by atoms with van der Waals surface area (Å²) in [5, 5.41) is 0. The molecule has 7 rings (SSSR count). The highest BCUT2D eigenvalue weighted by Gasteiger charge is 2.38. The first-order chi connectivity index (χ1) is 28.8. The third-order valence-electron chi connectivity index (χ3n) is 11.4. The van der Waals surface area contributed by atoms with Gasteiger partial charge in [0.1, 0.15) is 0 Å². The summed E-state index contributed by atoms with van der Waals surface area (Å²) >= 11 is 6.23. The molecule has 0 amide bonds. The van der Waals surface area contributed by atoms with Crippen molar-refractivity contribution in [2.24, 2.45) is 0 Å². The Morgan fingerprint density at radius 3 is 0.869 bits per heavy atom. The van der Waals surface area contributed by atoms with Crippen molar-refractivity contribution in [3.05, 3.63) is 166 Å². The van der Waals surface area contributed by atoms with Gasteiger partial charge in [-0.05, 0) is 124 Å². The molecular weight excluding hydrogens is 821 g/mol. The first-order valence-electron chi connectivity index (χ1n) is 21.4. The monoisotopic (exact) mass is 878 g/mol. The van der Waals surface area contributed by atoms with Crippen LogP contribution in [0.3, 0.4) is 0 Å². The van der Waals surface area contributed by atoms with Gasteiger partial charge >= 0.3 is 0 Å². The molecule has 1 atom stereocenters. The Labute approximate surface area is 381 Å². The molecule has 0 radical (unpaired) electrons. The van der Waals surface area contributed by atoms with Crippen molar-refractivity contribution in [3.8, 4) is 0 Å². The molecule has 1 aliphatic rings. The van der Waals surface area contributed by atoms with E-state index in [1.807, 2.05) is 24.3 Å². The van der Waals surface area contributed by atoms with Crippen LogP contribution in [-0.4, -0.2) is 11.6 Å². The van der Waals surface area contributed by atoms with Gasteiger partial charge in [-0.25, -0.2) is 0 Å². The van der Waals surface area contributed by atoms with E-state index in [4.69, 9.17) is 0 Å². The minimum Gasteiger partial charge on any atom is -0.288 e. The van der Waals surface area contributed by atoms with Crippen LogP contribution in [0.5, 0.6) is 0 Å². The van der Waals surface area contributed by atoms with E-state index >= 15 is 9.59 Å². The summed E-state index contributed by atoms with van der Waals surface area (Å²) < 4.78 is 0. The van der Waals surface area contributed by atoms with Gasteiger partial charge in [0.2, 0.25) is 0 Å². The summed E-state index contributed by atoms with van der Waals surface area (Å²) in [5.74, 6) is 0.263. The van der Waals surface area contributed by atoms with Crippen molar-refractivity contribution >= 4 is 58.6 Å². The molecule has 6 aromatic rings. The van der Waals surface area contributed by atoms with Crippen LogP contribution in [0.2, 0.25) is 0 Å². The van der Waals surface area contributed by atoms with Gasteiger partial charge in [0.05, 0.1) is 0 Å². The summed E-state index contributed by atoms with van der Waals surface area (Å²) in [6.45, 7) is 24.4. The zero-order valence-corrected chi connectivity index (χ0v) is 40.8. The Balaban J connectivity index is 1.38. The molecule has 1 unspecified atom stereocenters. The van der Waals surface area contributed by atoms with E-state index in [1.165, 1.54) is 22.3 Å². The van der Waals surface area contributed by atoms with Crippen LogP contribution in [0, 0.1) is 0 Å². The van der Waals surface area contributed by atoms with Crippen LogP contribution in [-0.2, 0) is 16.2 Å². The van der Waals surface area contributed by atoms with Gasteiger partial charge in [-0.3, -0.25) is 9.59 Å². The molecular formula is C55H58O2S4. The van der Waals surface area contributed by atoms with Crippen molar-refractivity contribution in [2.75, 3.05) is 0 Å². The molecule has 0 N–H and O–H groups in total. The number of hydrogen-bond acceptors (Lipinski definition) is 6. The quantitative estimate of drug-likeness (QED) is 0.129. The average Bonchev–Trinajstić information content (AvgIpc) is 3.21. The lowest BCUT2D eigenvalue weighted by molar-refractivity contribution is 0.0970. The van der Waals surface area contributed by atoms with Crippen LogP contribution in [0.15, 0.2) is 160 Å². The van der Waals surface area contributed by atoms with Gasteiger partial charge in [0, 0.05) is 61.4 Å². The predicted molar refractivity (Wildman–Crippen MR) is 261 cm³/mol. The number of carbonyl (C=O) groups is 2. The Morgan fingerprint density at radius 2 is 0.639 bits per heavy atom. The van der Waals surface area contributed by atoms with E-state index in [9.17, 15) is 0 Å². The van der Waals surface area contributed by atoms with Crippen LogP contribution < -0.4 is 0 Å². The predicted octanol–water partition coefficient (Wildman–Crippen LogP) is 16.9. The molecule has 2 nitrogen and oxygen atoms in total. The SMILES string of the molecule is CCCC(C)c1ccc(Sc2ccc(Sc3ccc(C(C)(C)C)cc3)c3c2C(=O)c2c(Sc4ccc(C(C)(C)C)cc4)ccc(Sc4ccc(C(C)(C)C)cc4)c2C3=O)cc1. The first kappa shape index (κ1) is 45.1. The largest absolute Gasteiger partial charge is 0.288 e. The van der Waals surface area contributed by atoms with Crippen molar-refractivity contribution in [2.45, 2.75) is 150 Å². The fourth-order valence-electron chi connectivity index (χ4n) is 7.66. The summed E-state index contributed by atoms with van der Waals surface area (Å²) in [7, 11) is 0. The zero-order chi connectivity index (χ0) is 43.9. The van der Waals surface area contributed by atoms with Crippen LogP contribution in [0.4, 0.5) is 0 Å². The smallest absolute Gasteiger partial charge is 0.196 e. The number of ketones is 2. The Morgan fingerprint density at radius 1 is 0.393 bits per heavy atom. The van der Waals surface area contributed by atoms with Gasteiger partial charge in [0.25, 0.3) is 0 Å². The van der Waals surface area contributed by atoms with Crippen LogP contribution in [0.1, 0.15) is 149 Å². The number of fused-ring (bicyclic) bond motifs is 2. The van der Waals surface area contributed by atoms with Crippen molar-refractivity contribution < 1.29 is 9.59 Å². The maximum Gasteiger partial charge on any atom is 0.196 e. The first-order valence-corrected chi connectivity index (χ1v) is 24.6. The highest BCUT2D eigenvalue weighted by atomic mass is 32.2. The topological polar surface area (TPSA) is 34.1 Å². The number of carbonyl (C=O) groups excluding carboxylic acids is 2. The molecule has 1 aliphatic carbocycles. The second-order valence-electron chi connectivity index (χ2n) is 19.3. The average molecular weight is 879 g/mol. The molecule has 61 heavy (non-hydrogen) atoms. The van der Waals surface area contributed by atoms with Gasteiger partial charge < -0.3 is 0 Å². The maximum atomic E-state index is 15.6. The van der Waals surface area contributed by atoms with E-state index < -0.39 is 0 Å². The second-order valence-corrected chi connectivity index (χ2v) is 23.7. The standard InChI is InChI=1S/C55H58O2S4/c1-12-13-34(2)35-14-22-39(23-15-35)58-43-30-31-44(59-40-24-16-36(17-25-40)53(3,4)5)48-47(43)51(56)49-45(60-41-26-18-37(19-27-41)54(6,7)8)32-33-46(50(49)52(48)57)61-42-28-20-38(21-29-42)55(9,10)11/h14-34H,12-13H2,1-11H3. The van der Waals surface area contributed by atoms with E-state index in [0.29, 0.717) is 28.2 Å². The fraction of sp³-hybridized carbons (Fsp3) is 0.309. The van der Waals surface area contributed by atoms with E-state index in [0.717, 1.165) is 52.0 Å². The molecule has 0 spiro atoms. The minimum absolute atomic E-state index is 0.0186. The highest BCUT2D eigenvalue weighted by molar-refractivity contribution is 8.00. The second kappa shape index (κ2) is 18.0. The molecule has 0 saturated carbocycles. The zero-order valence-electron chi connectivity index (χ0n) is 37.5. The maximum absolute atomic E-state index is 15.6. The Kier molecular flexibility index (Phi) is 13.3. The Hall–Kier alpha value is -3.94. The Bertz CT molecular complexity index is 2550. The third kappa shape index (κ3) is 10.1. The van der Waals surface area contributed by atoms with E-state index in [-0.39, 0.29) is 27.8 Å². The van der Waals surface area contributed by atoms with Crippen LogP contribution in [0.25, 0.3) is 0 Å². The van der Waals surface area contributed by atoms with Gasteiger partial charge in [0.15, 0.2) is 11.6 Å². The summed E-state index contributed by atoms with van der Waals surface area (Å²) in [5.41, 5.74) is 7.06. The molecule has 6 aromatic carbocycles.